The van der Waals surface area contributed by atoms with Crippen LogP contribution in [0.4, 0.5) is 5.82 Å². The molecule has 0 aliphatic heterocycles. The number of nitrogens with zero attached hydrogens (tertiary/aromatic N) is 2. The van der Waals surface area contributed by atoms with Crippen LogP contribution in [0, 0.1) is 0 Å². The molecule has 130 valence electrons. The molecule has 1 heterocycles. The number of rotatable bonds is 5. The molecule has 1 aromatic heterocycles. The number of pyridine rings is 1. The fourth-order valence-electron chi connectivity index (χ4n) is 2.57. The Hall–Kier alpha value is -3.47. The predicted molar refractivity (Wildman–Crippen MR) is 98.9 cm³/mol. The van der Waals surface area contributed by atoms with Gasteiger partial charge in [-0.1, -0.05) is 48.5 Å². The lowest BCUT2D eigenvalue weighted by molar-refractivity contribution is -0.131. The maximum Gasteiger partial charge on any atom is 0.308 e. The van der Waals surface area contributed by atoms with Crippen LogP contribution in [0.3, 0.4) is 0 Å². The molecule has 0 saturated carbocycles. The molecule has 0 radical (unpaired) electrons. The third-order valence-corrected chi connectivity index (χ3v) is 3.73. The highest BCUT2D eigenvalue weighted by Gasteiger charge is 2.22. The molecule has 0 spiro atoms. The number of carbonyl (C=O) groups is 2. The standard InChI is InChI=1S/C21H18N2O3/c1-16(24)26-19-12-6-5-11-18(19)21(25)23(20-13-7-8-14-22-20)15-17-9-3-2-4-10-17/h2-14H,15H2,1H3. The summed E-state index contributed by atoms with van der Waals surface area (Å²) in [5.74, 6) is 0.0000671. The highest BCUT2D eigenvalue weighted by atomic mass is 16.5. The molecule has 0 bridgehead atoms. The van der Waals surface area contributed by atoms with E-state index in [1.807, 2.05) is 36.4 Å². The zero-order valence-corrected chi connectivity index (χ0v) is 14.3. The minimum absolute atomic E-state index is 0.235. The monoisotopic (exact) mass is 346 g/mol. The average molecular weight is 346 g/mol. The average Bonchev–Trinajstić information content (AvgIpc) is 2.67. The van der Waals surface area contributed by atoms with Gasteiger partial charge in [0.15, 0.2) is 0 Å². The number of aromatic nitrogens is 1. The second-order valence-corrected chi connectivity index (χ2v) is 5.65. The second kappa shape index (κ2) is 8.07. The Morgan fingerprint density at radius 3 is 2.31 bits per heavy atom. The summed E-state index contributed by atoms with van der Waals surface area (Å²) in [5, 5.41) is 0. The van der Waals surface area contributed by atoms with E-state index in [0.29, 0.717) is 17.9 Å². The number of hydrogen-bond acceptors (Lipinski definition) is 4. The molecular formula is C21H18N2O3. The van der Waals surface area contributed by atoms with E-state index in [9.17, 15) is 9.59 Å². The molecule has 1 amide bonds. The van der Waals surface area contributed by atoms with Crippen LogP contribution in [0.15, 0.2) is 79.0 Å². The van der Waals surface area contributed by atoms with Crippen molar-refractivity contribution in [2.45, 2.75) is 13.5 Å². The first-order valence-electron chi connectivity index (χ1n) is 8.19. The first-order valence-corrected chi connectivity index (χ1v) is 8.19. The molecular weight excluding hydrogens is 328 g/mol. The quantitative estimate of drug-likeness (QED) is 0.520. The lowest BCUT2D eigenvalue weighted by atomic mass is 10.1. The van der Waals surface area contributed by atoms with E-state index in [2.05, 4.69) is 4.98 Å². The molecule has 0 aliphatic carbocycles. The molecule has 26 heavy (non-hydrogen) atoms. The molecule has 0 unspecified atom stereocenters. The minimum Gasteiger partial charge on any atom is -0.426 e. The Morgan fingerprint density at radius 2 is 1.62 bits per heavy atom. The van der Waals surface area contributed by atoms with E-state index in [1.165, 1.54) is 6.92 Å². The summed E-state index contributed by atoms with van der Waals surface area (Å²) in [6, 6.07) is 21.7. The molecule has 2 aromatic carbocycles. The minimum atomic E-state index is -0.474. The topological polar surface area (TPSA) is 59.5 Å². The van der Waals surface area contributed by atoms with Crippen molar-refractivity contribution in [3.63, 3.8) is 0 Å². The van der Waals surface area contributed by atoms with E-state index in [4.69, 9.17) is 4.74 Å². The van der Waals surface area contributed by atoms with Crippen molar-refractivity contribution in [1.29, 1.82) is 0 Å². The van der Waals surface area contributed by atoms with Gasteiger partial charge in [0.1, 0.15) is 11.6 Å². The lowest BCUT2D eigenvalue weighted by Crippen LogP contribution is -2.31. The van der Waals surface area contributed by atoms with Gasteiger partial charge in [0.25, 0.3) is 5.91 Å². The van der Waals surface area contributed by atoms with E-state index in [-0.39, 0.29) is 11.7 Å². The molecule has 0 saturated heterocycles. The maximum atomic E-state index is 13.2. The third kappa shape index (κ3) is 4.13. The lowest BCUT2D eigenvalue weighted by Gasteiger charge is -2.23. The number of benzene rings is 2. The third-order valence-electron chi connectivity index (χ3n) is 3.73. The molecule has 0 atom stereocenters. The summed E-state index contributed by atoms with van der Waals surface area (Å²) in [7, 11) is 0. The molecule has 3 aromatic rings. The van der Waals surface area contributed by atoms with E-state index in [0.717, 1.165) is 5.56 Å². The van der Waals surface area contributed by atoms with Crippen molar-refractivity contribution in [3.05, 3.63) is 90.1 Å². The predicted octanol–water partition coefficient (Wildman–Crippen LogP) is 3.85. The zero-order chi connectivity index (χ0) is 18.4. The van der Waals surface area contributed by atoms with Gasteiger partial charge in [0.05, 0.1) is 12.1 Å². The van der Waals surface area contributed by atoms with E-state index < -0.39 is 5.97 Å². The fraction of sp³-hybridized carbons (Fsp3) is 0.0952. The summed E-state index contributed by atoms with van der Waals surface area (Å²) in [5.41, 5.74) is 1.28. The number of hydrogen-bond donors (Lipinski definition) is 0. The van der Waals surface area contributed by atoms with Gasteiger partial charge in [-0.05, 0) is 29.8 Å². The largest absolute Gasteiger partial charge is 0.426 e. The number of anilines is 1. The Balaban J connectivity index is 1.99. The SMILES string of the molecule is CC(=O)Oc1ccccc1C(=O)N(Cc1ccccc1)c1ccccn1. The molecule has 0 fully saturated rings. The number of esters is 1. The van der Waals surface area contributed by atoms with E-state index >= 15 is 0 Å². The van der Waals surface area contributed by atoms with Crippen LogP contribution in [0.1, 0.15) is 22.8 Å². The van der Waals surface area contributed by atoms with Crippen LogP contribution >= 0.6 is 0 Å². The normalized spacial score (nSPS) is 10.2. The summed E-state index contributed by atoms with van der Waals surface area (Å²) >= 11 is 0. The van der Waals surface area contributed by atoms with Gasteiger partial charge in [0, 0.05) is 13.1 Å². The van der Waals surface area contributed by atoms with Crippen molar-refractivity contribution >= 4 is 17.7 Å². The first kappa shape index (κ1) is 17.4. The van der Waals surface area contributed by atoms with Crippen LogP contribution in [0.25, 0.3) is 0 Å². The van der Waals surface area contributed by atoms with Crippen molar-refractivity contribution in [2.75, 3.05) is 4.90 Å². The van der Waals surface area contributed by atoms with Crippen molar-refractivity contribution in [3.8, 4) is 5.75 Å². The highest BCUT2D eigenvalue weighted by molar-refractivity contribution is 6.07. The van der Waals surface area contributed by atoms with Crippen molar-refractivity contribution in [2.24, 2.45) is 0 Å². The summed E-state index contributed by atoms with van der Waals surface area (Å²) in [6.07, 6.45) is 1.64. The molecule has 5 nitrogen and oxygen atoms in total. The fourth-order valence-corrected chi connectivity index (χ4v) is 2.57. The zero-order valence-electron chi connectivity index (χ0n) is 14.3. The van der Waals surface area contributed by atoms with Crippen molar-refractivity contribution < 1.29 is 14.3 Å². The number of amides is 1. The Morgan fingerprint density at radius 1 is 0.923 bits per heavy atom. The maximum absolute atomic E-state index is 13.2. The summed E-state index contributed by atoms with van der Waals surface area (Å²) < 4.78 is 5.20. The molecule has 3 rings (SSSR count). The Kier molecular flexibility index (Phi) is 5.39. The highest BCUT2D eigenvalue weighted by Crippen LogP contribution is 2.24. The van der Waals surface area contributed by atoms with Crippen LogP contribution in [-0.2, 0) is 11.3 Å². The van der Waals surface area contributed by atoms with Gasteiger partial charge >= 0.3 is 5.97 Å². The van der Waals surface area contributed by atoms with Gasteiger partial charge < -0.3 is 4.74 Å². The van der Waals surface area contributed by atoms with Gasteiger partial charge in [-0.3, -0.25) is 14.5 Å². The first-order chi connectivity index (χ1) is 12.6. The van der Waals surface area contributed by atoms with Crippen LogP contribution in [0.2, 0.25) is 0 Å². The van der Waals surface area contributed by atoms with E-state index in [1.54, 1.807) is 47.5 Å². The number of para-hydroxylation sites is 1. The van der Waals surface area contributed by atoms with Gasteiger partial charge in [-0.25, -0.2) is 4.98 Å². The van der Waals surface area contributed by atoms with Crippen LogP contribution < -0.4 is 9.64 Å². The number of ether oxygens (including phenoxy) is 1. The Labute approximate surface area is 151 Å². The van der Waals surface area contributed by atoms with Crippen molar-refractivity contribution in [1.82, 2.24) is 4.98 Å². The number of carbonyl (C=O) groups excluding carboxylic acids is 2. The second-order valence-electron chi connectivity index (χ2n) is 5.65. The smallest absolute Gasteiger partial charge is 0.308 e. The molecule has 0 aliphatic rings. The molecule has 5 heteroatoms. The van der Waals surface area contributed by atoms with Crippen LogP contribution in [0.5, 0.6) is 5.75 Å². The molecule has 0 N–H and O–H groups in total. The van der Waals surface area contributed by atoms with Gasteiger partial charge in [-0.2, -0.15) is 0 Å². The van der Waals surface area contributed by atoms with Gasteiger partial charge in [-0.15, -0.1) is 0 Å². The van der Waals surface area contributed by atoms with Crippen LogP contribution in [-0.4, -0.2) is 16.9 Å². The van der Waals surface area contributed by atoms with Gasteiger partial charge in [0.2, 0.25) is 0 Å². The summed E-state index contributed by atoms with van der Waals surface area (Å²) in [4.78, 5) is 30.5. The Bertz CT molecular complexity index is 895. The summed E-state index contributed by atoms with van der Waals surface area (Å²) in [6.45, 7) is 1.66.